The minimum absolute atomic E-state index is 0.0100. The van der Waals surface area contributed by atoms with Crippen molar-refractivity contribution in [3.63, 3.8) is 0 Å². The monoisotopic (exact) mass is 402 g/mol. The maximum Gasteiger partial charge on any atom is 0.407 e. The van der Waals surface area contributed by atoms with Crippen LogP contribution in [0.2, 0.25) is 0 Å². The molecule has 2 heterocycles. The van der Waals surface area contributed by atoms with E-state index in [9.17, 15) is 19.5 Å². The van der Waals surface area contributed by atoms with Gasteiger partial charge in [-0.3, -0.25) is 4.79 Å². The zero-order valence-electron chi connectivity index (χ0n) is 16.4. The Kier molecular flexibility index (Phi) is 5.36. The lowest BCUT2D eigenvalue weighted by molar-refractivity contribution is -0.129. The molecule has 3 atom stereocenters. The van der Waals surface area contributed by atoms with Crippen molar-refractivity contribution in [1.82, 2.24) is 14.4 Å². The third kappa shape index (κ3) is 3.12. The maximum absolute atomic E-state index is 12.6. The van der Waals surface area contributed by atoms with Crippen molar-refractivity contribution in [3.05, 3.63) is 34.8 Å². The Morgan fingerprint density at radius 1 is 1.43 bits per heavy atom. The van der Waals surface area contributed by atoms with Crippen molar-refractivity contribution < 1.29 is 19.5 Å². The van der Waals surface area contributed by atoms with Crippen LogP contribution in [0.3, 0.4) is 0 Å². The van der Waals surface area contributed by atoms with Gasteiger partial charge in [0, 0.05) is 36.4 Å². The molecule has 1 aliphatic rings. The Bertz CT molecular complexity index is 941. The topological polar surface area (TPSA) is 87.6 Å². The van der Waals surface area contributed by atoms with Gasteiger partial charge < -0.3 is 10.0 Å². The number of benzene rings is 1. The van der Waals surface area contributed by atoms with E-state index in [4.69, 9.17) is 0 Å². The third-order valence-corrected chi connectivity index (χ3v) is 6.81. The number of aromatic nitrogens is 1. The number of thiazole rings is 1. The van der Waals surface area contributed by atoms with Crippen LogP contribution in [0.15, 0.2) is 24.4 Å². The van der Waals surface area contributed by atoms with Gasteiger partial charge in [0.05, 0.1) is 30.9 Å². The molecule has 0 radical (unpaired) electrons. The molecule has 148 valence electrons. The highest BCUT2D eigenvalue weighted by Gasteiger charge is 2.47. The van der Waals surface area contributed by atoms with Gasteiger partial charge in [-0.05, 0) is 26.0 Å². The smallest absolute Gasteiger partial charge is 0.407 e. The summed E-state index contributed by atoms with van der Waals surface area (Å²) < 4.78 is 0.126. The first kappa shape index (κ1) is 20.2. The molecule has 7 nitrogen and oxygen atoms in total. The van der Waals surface area contributed by atoms with Gasteiger partial charge in [-0.25, -0.2) is 19.1 Å². The number of carboxylic acid groups (broad SMARTS) is 1. The van der Waals surface area contributed by atoms with Crippen LogP contribution in [0.4, 0.5) is 10.5 Å². The number of aldehydes is 1. The van der Waals surface area contributed by atoms with E-state index in [-0.39, 0.29) is 22.5 Å². The summed E-state index contributed by atoms with van der Waals surface area (Å²) in [5.74, 6) is 0.0100. The molecule has 2 aromatic rings. The second-order valence-corrected chi connectivity index (χ2v) is 8.28. The molecule has 0 bridgehead atoms. The van der Waals surface area contributed by atoms with E-state index in [1.807, 2.05) is 39.1 Å². The Morgan fingerprint density at radius 3 is 2.68 bits per heavy atom. The summed E-state index contributed by atoms with van der Waals surface area (Å²) in [5.41, 5.74) is 2.44. The average Bonchev–Trinajstić information content (AvgIpc) is 3.14. The summed E-state index contributed by atoms with van der Waals surface area (Å²) >= 11 is 1.28. The summed E-state index contributed by atoms with van der Waals surface area (Å²) in [4.78, 5) is 41.7. The van der Waals surface area contributed by atoms with E-state index in [0.29, 0.717) is 22.9 Å². The summed E-state index contributed by atoms with van der Waals surface area (Å²) in [6.45, 7) is 5.72. The minimum Gasteiger partial charge on any atom is -0.465 e. The van der Waals surface area contributed by atoms with E-state index < -0.39 is 6.09 Å². The maximum atomic E-state index is 12.6. The van der Waals surface area contributed by atoms with Gasteiger partial charge in [-0.1, -0.05) is 0 Å². The third-order valence-electron chi connectivity index (χ3n) is 5.84. The Hall–Kier alpha value is -2.58. The first-order chi connectivity index (χ1) is 13.2. The molecule has 1 aliphatic heterocycles. The van der Waals surface area contributed by atoms with Crippen LogP contribution in [-0.4, -0.2) is 52.9 Å². The first-order valence-corrected chi connectivity index (χ1v) is 9.98. The van der Waals surface area contributed by atoms with Gasteiger partial charge in [-0.15, -0.1) is 11.3 Å². The fourth-order valence-electron chi connectivity index (χ4n) is 4.01. The zero-order chi connectivity index (χ0) is 20.6. The normalized spacial score (nSPS) is 23.7. The Balaban J connectivity index is 2.21. The number of quaternary nitrogens is 1. The summed E-state index contributed by atoms with van der Waals surface area (Å²) in [6.07, 6.45) is 1.85. The van der Waals surface area contributed by atoms with Gasteiger partial charge in [0.15, 0.2) is 6.29 Å². The molecule has 3 rings (SSSR count). The Labute approximate surface area is 167 Å². The first-order valence-electron chi connectivity index (χ1n) is 9.16. The SMILES string of the molecule is CCN(C(=O)O)[C@@H]1C[C@H](C)[N+](C)(C(C)=O)c2ccc(-c3ncc(C=O)s3)cc21. The van der Waals surface area contributed by atoms with Crippen molar-refractivity contribution in [1.29, 1.82) is 0 Å². The number of fused-ring (bicyclic) bond motifs is 1. The highest BCUT2D eigenvalue weighted by atomic mass is 32.1. The number of hydrogen-bond acceptors (Lipinski definition) is 5. The minimum atomic E-state index is -0.979. The van der Waals surface area contributed by atoms with E-state index in [2.05, 4.69) is 4.98 Å². The van der Waals surface area contributed by atoms with Crippen molar-refractivity contribution in [2.45, 2.75) is 39.3 Å². The zero-order valence-corrected chi connectivity index (χ0v) is 17.2. The summed E-state index contributed by atoms with van der Waals surface area (Å²) in [5, 5.41) is 10.4. The van der Waals surface area contributed by atoms with E-state index >= 15 is 0 Å². The average molecular weight is 402 g/mol. The largest absolute Gasteiger partial charge is 0.465 e. The van der Waals surface area contributed by atoms with Crippen LogP contribution in [0.25, 0.3) is 10.6 Å². The van der Waals surface area contributed by atoms with Crippen molar-refractivity contribution >= 4 is 35.3 Å². The highest BCUT2D eigenvalue weighted by molar-refractivity contribution is 7.16. The van der Waals surface area contributed by atoms with Crippen molar-refractivity contribution in [2.75, 3.05) is 13.6 Å². The van der Waals surface area contributed by atoms with Crippen LogP contribution in [0.5, 0.6) is 0 Å². The van der Waals surface area contributed by atoms with Crippen LogP contribution in [-0.2, 0) is 4.79 Å². The second-order valence-electron chi connectivity index (χ2n) is 7.22. The lowest BCUT2D eigenvalue weighted by Crippen LogP contribution is -2.60. The van der Waals surface area contributed by atoms with Crippen LogP contribution < -0.4 is 4.48 Å². The fraction of sp³-hybridized carbons (Fsp3) is 0.400. The van der Waals surface area contributed by atoms with Gasteiger partial charge in [0.25, 0.3) is 0 Å². The number of amides is 2. The number of hydrogen-bond donors (Lipinski definition) is 1. The van der Waals surface area contributed by atoms with Gasteiger partial charge in [0.1, 0.15) is 10.7 Å². The van der Waals surface area contributed by atoms with Crippen LogP contribution in [0.1, 0.15) is 48.5 Å². The van der Waals surface area contributed by atoms with Crippen molar-refractivity contribution in [3.8, 4) is 10.6 Å². The molecular weight excluding hydrogens is 378 g/mol. The lowest BCUT2D eigenvalue weighted by Gasteiger charge is -2.45. The number of nitrogens with zero attached hydrogens (tertiary/aromatic N) is 3. The van der Waals surface area contributed by atoms with Gasteiger partial charge in [0.2, 0.25) is 0 Å². The summed E-state index contributed by atoms with van der Waals surface area (Å²) in [6, 6.07) is 5.30. The standard InChI is InChI=1S/C20H23N3O4S/c1-5-22(20(26)27)17-8-12(2)23(4,13(3)25)18-7-6-14(9-16(17)18)19-21-10-15(11-24)28-19/h6-7,9-12,17H,5,8H2,1-4H3/p+1/t12-,17+,23?/m0/s1. The molecule has 0 saturated carbocycles. The van der Waals surface area contributed by atoms with E-state index in [1.165, 1.54) is 22.4 Å². The molecule has 1 aromatic carbocycles. The molecule has 2 amide bonds. The fourth-order valence-corrected chi connectivity index (χ4v) is 4.74. The molecule has 0 aliphatic carbocycles. The van der Waals surface area contributed by atoms with Gasteiger partial charge in [-0.2, -0.15) is 0 Å². The molecule has 1 aromatic heterocycles. The van der Waals surface area contributed by atoms with E-state index in [1.54, 1.807) is 6.92 Å². The number of rotatable bonds is 4. The quantitative estimate of drug-likeness (QED) is 0.618. The highest BCUT2D eigenvalue weighted by Crippen LogP contribution is 2.45. The molecule has 0 saturated heterocycles. The lowest BCUT2D eigenvalue weighted by atomic mass is 9.87. The van der Waals surface area contributed by atoms with Crippen LogP contribution in [0, 0.1) is 0 Å². The molecular formula is C20H24N3O4S+. The molecule has 0 fully saturated rings. The Morgan fingerprint density at radius 2 is 2.14 bits per heavy atom. The molecule has 1 unspecified atom stereocenters. The summed E-state index contributed by atoms with van der Waals surface area (Å²) in [7, 11) is 1.88. The molecule has 8 heteroatoms. The molecule has 0 spiro atoms. The number of carbonyl (C=O) groups excluding carboxylic acids is 2. The van der Waals surface area contributed by atoms with Crippen molar-refractivity contribution in [2.24, 2.45) is 0 Å². The van der Waals surface area contributed by atoms with Crippen LogP contribution >= 0.6 is 11.3 Å². The van der Waals surface area contributed by atoms with Gasteiger partial charge >= 0.3 is 12.0 Å². The number of carbonyl (C=O) groups is 3. The predicted octanol–water partition coefficient (Wildman–Crippen LogP) is 3.94. The predicted molar refractivity (Wildman–Crippen MR) is 109 cm³/mol. The van der Waals surface area contributed by atoms with E-state index in [0.717, 1.165) is 23.1 Å². The molecule has 1 N–H and O–H groups in total. The molecule has 28 heavy (non-hydrogen) atoms. The second kappa shape index (κ2) is 7.44.